The molecule has 0 bridgehead atoms. The summed E-state index contributed by atoms with van der Waals surface area (Å²) >= 11 is 7.57. The van der Waals surface area contributed by atoms with Gasteiger partial charge in [-0.05, 0) is 72.5 Å². The third-order valence-electron chi connectivity index (χ3n) is 5.83. The highest BCUT2D eigenvalue weighted by Crippen LogP contribution is 2.39. The van der Waals surface area contributed by atoms with E-state index in [4.69, 9.17) is 16.3 Å². The summed E-state index contributed by atoms with van der Waals surface area (Å²) in [7, 11) is 0. The molecular weight excluding hydrogens is 468 g/mol. The molecule has 0 aromatic heterocycles. The molecule has 0 spiro atoms. The van der Waals surface area contributed by atoms with Crippen molar-refractivity contribution in [3.63, 3.8) is 0 Å². The topological polar surface area (TPSA) is 58.6 Å². The summed E-state index contributed by atoms with van der Waals surface area (Å²) in [6, 6.07) is 21.0. The molecule has 0 aliphatic carbocycles. The number of halogens is 1. The Morgan fingerprint density at radius 3 is 2.50 bits per heavy atom. The van der Waals surface area contributed by atoms with Gasteiger partial charge in [0.25, 0.3) is 5.91 Å². The molecule has 3 aromatic rings. The van der Waals surface area contributed by atoms with E-state index in [-0.39, 0.29) is 17.2 Å². The predicted octanol–water partition coefficient (Wildman–Crippen LogP) is 5.54. The smallest absolute Gasteiger partial charge is 0.251 e. The van der Waals surface area contributed by atoms with Gasteiger partial charge in [0.1, 0.15) is 17.7 Å². The van der Waals surface area contributed by atoms with Crippen molar-refractivity contribution in [2.45, 2.75) is 25.8 Å². The van der Waals surface area contributed by atoms with Crippen LogP contribution in [0.15, 0.2) is 66.7 Å². The monoisotopic (exact) mass is 494 g/mol. The number of nitrogens with zero attached hydrogens (tertiary/aromatic N) is 1. The first-order valence-electron chi connectivity index (χ1n) is 11.1. The summed E-state index contributed by atoms with van der Waals surface area (Å²) in [5, 5.41) is 3.49. The fraction of sp³-hybridized carbons (Fsp3) is 0.259. The average Bonchev–Trinajstić information content (AvgIpc) is 3.20. The maximum atomic E-state index is 12.5. The van der Waals surface area contributed by atoms with Crippen molar-refractivity contribution in [1.82, 2.24) is 10.2 Å². The molecule has 1 aliphatic heterocycles. The first kappa shape index (κ1) is 24.2. The molecule has 1 aliphatic rings. The molecule has 1 atom stereocenters. The molecule has 2 amide bonds. The van der Waals surface area contributed by atoms with Gasteiger partial charge in [-0.15, -0.1) is 11.8 Å². The highest BCUT2D eigenvalue weighted by atomic mass is 35.5. The maximum absolute atomic E-state index is 12.5. The molecule has 0 saturated carbocycles. The molecule has 0 radical (unpaired) electrons. The van der Waals surface area contributed by atoms with Gasteiger partial charge in [-0.2, -0.15) is 0 Å². The molecule has 1 N–H and O–H groups in total. The van der Waals surface area contributed by atoms with E-state index in [1.807, 2.05) is 66.4 Å². The van der Waals surface area contributed by atoms with Gasteiger partial charge in [-0.1, -0.05) is 41.9 Å². The standard InChI is InChI=1S/C27H27ClN2O3S/c1-18-3-12-24(15-19(18)2)33-14-13-29-26(32)21-6-8-22(9-7-21)27-30(25(31)17-34-27)16-20-4-10-23(28)11-5-20/h3-12,15,27H,13-14,16-17H2,1-2H3,(H,29,32)/t27-/m0/s1. The number of nitrogens with one attached hydrogen (secondary N) is 1. The van der Waals surface area contributed by atoms with Crippen LogP contribution >= 0.6 is 23.4 Å². The summed E-state index contributed by atoms with van der Waals surface area (Å²) in [6.07, 6.45) is 0. The third kappa shape index (κ3) is 5.93. The zero-order chi connectivity index (χ0) is 24.1. The Bertz CT molecular complexity index is 1170. The first-order valence-corrected chi connectivity index (χ1v) is 12.6. The second kappa shape index (κ2) is 11.0. The lowest BCUT2D eigenvalue weighted by molar-refractivity contribution is -0.128. The van der Waals surface area contributed by atoms with Crippen molar-refractivity contribution in [1.29, 1.82) is 0 Å². The van der Waals surface area contributed by atoms with Crippen LogP contribution in [0.1, 0.15) is 38.0 Å². The van der Waals surface area contributed by atoms with E-state index >= 15 is 0 Å². The molecular formula is C27H27ClN2O3S. The Labute approximate surface area is 209 Å². The van der Waals surface area contributed by atoms with E-state index in [0.717, 1.165) is 16.9 Å². The Kier molecular flexibility index (Phi) is 7.80. The Hall–Kier alpha value is -2.96. The largest absolute Gasteiger partial charge is 0.492 e. The average molecular weight is 495 g/mol. The number of amides is 2. The number of carbonyl (C=O) groups is 2. The highest BCUT2D eigenvalue weighted by Gasteiger charge is 2.32. The van der Waals surface area contributed by atoms with E-state index < -0.39 is 0 Å². The first-order chi connectivity index (χ1) is 16.4. The van der Waals surface area contributed by atoms with E-state index in [0.29, 0.717) is 36.0 Å². The van der Waals surface area contributed by atoms with Crippen molar-refractivity contribution in [3.05, 3.63) is 99.6 Å². The molecule has 176 valence electrons. The number of rotatable bonds is 8. The fourth-order valence-corrected chi connectivity index (χ4v) is 5.04. The quantitative estimate of drug-likeness (QED) is 0.418. The van der Waals surface area contributed by atoms with Gasteiger partial charge >= 0.3 is 0 Å². The minimum atomic E-state index is -0.150. The van der Waals surface area contributed by atoms with Gasteiger partial charge in [0.15, 0.2) is 0 Å². The summed E-state index contributed by atoms with van der Waals surface area (Å²) < 4.78 is 5.73. The van der Waals surface area contributed by atoms with Crippen LogP contribution in [-0.4, -0.2) is 35.6 Å². The molecule has 1 fully saturated rings. The van der Waals surface area contributed by atoms with Crippen LogP contribution in [-0.2, 0) is 11.3 Å². The lowest BCUT2D eigenvalue weighted by Gasteiger charge is -2.24. The van der Waals surface area contributed by atoms with E-state index in [1.54, 1.807) is 23.9 Å². The summed E-state index contributed by atoms with van der Waals surface area (Å²) in [6.45, 7) is 5.44. The van der Waals surface area contributed by atoms with Crippen LogP contribution in [0.3, 0.4) is 0 Å². The zero-order valence-corrected chi connectivity index (χ0v) is 20.8. The minimum absolute atomic E-state index is 0.0772. The van der Waals surface area contributed by atoms with Crippen molar-refractivity contribution >= 4 is 35.2 Å². The zero-order valence-electron chi connectivity index (χ0n) is 19.2. The van der Waals surface area contributed by atoms with Gasteiger partial charge in [0.2, 0.25) is 5.91 Å². The maximum Gasteiger partial charge on any atom is 0.251 e. The summed E-state index contributed by atoms with van der Waals surface area (Å²) in [5.41, 5.74) is 5.00. The third-order valence-corrected chi connectivity index (χ3v) is 7.34. The molecule has 1 saturated heterocycles. The van der Waals surface area contributed by atoms with Crippen LogP contribution < -0.4 is 10.1 Å². The molecule has 3 aromatic carbocycles. The lowest BCUT2D eigenvalue weighted by Crippen LogP contribution is -2.28. The number of ether oxygens (including phenoxy) is 1. The van der Waals surface area contributed by atoms with E-state index in [1.165, 1.54) is 11.1 Å². The SMILES string of the molecule is Cc1ccc(OCCNC(=O)c2ccc([C@@H]3SCC(=O)N3Cc3ccc(Cl)cc3)cc2)cc1C. The number of hydrogen-bond acceptors (Lipinski definition) is 4. The van der Waals surface area contributed by atoms with Crippen molar-refractivity contribution in [2.24, 2.45) is 0 Å². The van der Waals surface area contributed by atoms with Crippen molar-refractivity contribution in [2.75, 3.05) is 18.9 Å². The van der Waals surface area contributed by atoms with Gasteiger partial charge in [-0.25, -0.2) is 0 Å². The second-order valence-corrected chi connectivity index (χ2v) is 9.79. The van der Waals surface area contributed by atoms with E-state index in [2.05, 4.69) is 12.2 Å². The Balaban J connectivity index is 1.31. The molecule has 0 unspecified atom stereocenters. The van der Waals surface area contributed by atoms with Crippen molar-refractivity contribution in [3.8, 4) is 5.75 Å². The molecule has 7 heteroatoms. The number of carbonyl (C=O) groups excluding carboxylic acids is 2. The van der Waals surface area contributed by atoms with Gasteiger partial charge < -0.3 is 15.0 Å². The Morgan fingerprint density at radius 1 is 1.06 bits per heavy atom. The van der Waals surface area contributed by atoms with Crippen LogP contribution in [0, 0.1) is 13.8 Å². The fourth-order valence-electron chi connectivity index (χ4n) is 3.73. The number of thioether (sulfide) groups is 1. The molecule has 34 heavy (non-hydrogen) atoms. The van der Waals surface area contributed by atoms with Crippen LogP contribution in [0.25, 0.3) is 0 Å². The molecule has 4 rings (SSSR count). The highest BCUT2D eigenvalue weighted by molar-refractivity contribution is 8.00. The minimum Gasteiger partial charge on any atom is -0.492 e. The van der Waals surface area contributed by atoms with Gasteiger partial charge in [-0.3, -0.25) is 9.59 Å². The normalized spacial score (nSPS) is 15.4. The lowest BCUT2D eigenvalue weighted by atomic mass is 10.1. The predicted molar refractivity (Wildman–Crippen MR) is 137 cm³/mol. The van der Waals surface area contributed by atoms with Crippen LogP contribution in [0.2, 0.25) is 5.02 Å². The van der Waals surface area contributed by atoms with Gasteiger partial charge in [0, 0.05) is 17.1 Å². The summed E-state index contributed by atoms with van der Waals surface area (Å²) in [5.74, 6) is 1.20. The summed E-state index contributed by atoms with van der Waals surface area (Å²) in [4.78, 5) is 26.9. The van der Waals surface area contributed by atoms with Crippen LogP contribution in [0.5, 0.6) is 5.75 Å². The van der Waals surface area contributed by atoms with Gasteiger partial charge in [0.05, 0.1) is 12.3 Å². The van der Waals surface area contributed by atoms with Crippen molar-refractivity contribution < 1.29 is 14.3 Å². The number of hydrogen-bond donors (Lipinski definition) is 1. The van der Waals surface area contributed by atoms with E-state index in [9.17, 15) is 9.59 Å². The van der Waals surface area contributed by atoms with Crippen LogP contribution in [0.4, 0.5) is 0 Å². The Morgan fingerprint density at radius 2 is 1.79 bits per heavy atom. The molecule has 1 heterocycles. The number of benzene rings is 3. The number of aryl methyl sites for hydroxylation is 2. The molecule has 5 nitrogen and oxygen atoms in total. The second-order valence-electron chi connectivity index (χ2n) is 8.28.